The molecule has 0 aliphatic carbocycles. The van der Waals surface area contributed by atoms with E-state index in [1.165, 1.54) is 51.7 Å². The topological polar surface area (TPSA) is 189 Å². The van der Waals surface area contributed by atoms with Gasteiger partial charge in [0, 0.05) is 16.9 Å². The number of carbonyl (C=O) groups excluding carboxylic acids is 2. The summed E-state index contributed by atoms with van der Waals surface area (Å²) >= 11 is 3.82. The Hall–Kier alpha value is -6.63. The lowest BCUT2D eigenvalue weighted by molar-refractivity contribution is -0.150. The molecule has 8 rings (SSSR count). The summed E-state index contributed by atoms with van der Waals surface area (Å²) in [7, 11) is 1.31. The molecule has 2 aliphatic rings. The molecule has 2 aromatic heterocycles. The van der Waals surface area contributed by atoms with E-state index in [0.29, 0.717) is 15.9 Å². The zero-order chi connectivity index (χ0) is 40.8. The molecule has 2 amide bonds. The summed E-state index contributed by atoms with van der Waals surface area (Å²) < 4.78 is 0. The van der Waals surface area contributed by atoms with E-state index in [4.69, 9.17) is 9.82 Å². The Balaban J connectivity index is 0.992. The number of aromatic nitrogens is 5. The maximum atomic E-state index is 13.9. The Labute approximate surface area is 350 Å². The third kappa shape index (κ3) is 7.97. The highest BCUT2D eigenvalue weighted by atomic mass is 32.2. The molecule has 4 heterocycles. The lowest BCUT2D eigenvalue weighted by Crippen LogP contribution is -2.71. The number of benzene rings is 4. The molecule has 1 saturated heterocycles. The van der Waals surface area contributed by atoms with Crippen LogP contribution in [0.4, 0.5) is 5.13 Å². The van der Waals surface area contributed by atoms with Gasteiger partial charge < -0.3 is 20.6 Å². The lowest BCUT2D eigenvalue weighted by Gasteiger charge is -2.49. The normalized spacial score (nSPS) is 16.7. The first kappa shape index (κ1) is 39.2. The van der Waals surface area contributed by atoms with Crippen molar-refractivity contribution in [3.63, 3.8) is 0 Å². The SMILES string of the molecule is CO/N=C(\C(=O)N[C@@H]1C(=O)N2C(C(=O)O)=C(CSc3nnnn3N=Cc3ccccc3)CS[C@@H]12)c1csc(NC(c2ccccc2)(c2ccccc2)c2ccccc2)n1. The van der Waals surface area contributed by atoms with Crippen LogP contribution in [0.25, 0.3) is 0 Å². The van der Waals surface area contributed by atoms with E-state index in [-0.39, 0.29) is 28.6 Å². The molecule has 0 saturated carbocycles. The predicted octanol–water partition coefficient (Wildman–Crippen LogP) is 5.30. The zero-order valence-corrected chi connectivity index (χ0v) is 33.6. The molecule has 4 aromatic carbocycles. The molecule has 15 nitrogen and oxygen atoms in total. The number of nitrogens with zero attached hydrogens (tertiary/aromatic N) is 8. The lowest BCUT2D eigenvalue weighted by atomic mass is 9.77. The van der Waals surface area contributed by atoms with Crippen molar-refractivity contribution in [1.82, 2.24) is 35.5 Å². The highest BCUT2D eigenvalue weighted by molar-refractivity contribution is 8.01. The van der Waals surface area contributed by atoms with Crippen LogP contribution in [-0.4, -0.2) is 95.0 Å². The number of oxime groups is 1. The molecule has 0 bridgehead atoms. The van der Waals surface area contributed by atoms with Gasteiger partial charge >= 0.3 is 5.97 Å². The molecule has 2 atom stereocenters. The van der Waals surface area contributed by atoms with Crippen molar-refractivity contribution >= 4 is 69.7 Å². The van der Waals surface area contributed by atoms with Gasteiger partial charge in [0.05, 0.1) is 6.21 Å². The van der Waals surface area contributed by atoms with Gasteiger partial charge in [-0.2, -0.15) is 5.10 Å². The highest BCUT2D eigenvalue weighted by Gasteiger charge is 2.54. The van der Waals surface area contributed by atoms with Crippen LogP contribution in [-0.2, 0) is 24.8 Å². The fourth-order valence-corrected chi connectivity index (χ4v) is 9.89. The Kier molecular flexibility index (Phi) is 11.6. The van der Waals surface area contributed by atoms with Gasteiger partial charge in [-0.25, -0.2) is 9.78 Å². The minimum absolute atomic E-state index is 0.136. The molecule has 2 aliphatic heterocycles. The number of thiazole rings is 1. The van der Waals surface area contributed by atoms with E-state index >= 15 is 0 Å². The van der Waals surface area contributed by atoms with E-state index in [0.717, 1.165) is 22.3 Å². The molecule has 59 heavy (non-hydrogen) atoms. The number of nitrogens with one attached hydrogen (secondary N) is 2. The van der Waals surface area contributed by atoms with Crippen LogP contribution in [0, 0.1) is 0 Å². The predicted molar refractivity (Wildman–Crippen MR) is 226 cm³/mol. The number of aliphatic carboxylic acids is 1. The summed E-state index contributed by atoms with van der Waals surface area (Å²) in [5.41, 5.74) is 3.35. The zero-order valence-electron chi connectivity index (χ0n) is 31.2. The molecular weight excluding hydrogens is 809 g/mol. The first-order valence-corrected chi connectivity index (χ1v) is 21.0. The van der Waals surface area contributed by atoms with E-state index in [1.807, 2.05) is 84.9 Å². The number of thioether (sulfide) groups is 2. The minimum Gasteiger partial charge on any atom is -0.477 e. The smallest absolute Gasteiger partial charge is 0.352 e. The second-order valence-corrected chi connectivity index (χ2v) is 16.0. The molecule has 0 radical (unpaired) electrons. The number of hydrogen-bond acceptors (Lipinski definition) is 14. The van der Waals surface area contributed by atoms with Gasteiger partial charge in [-0.3, -0.25) is 14.5 Å². The second kappa shape index (κ2) is 17.5. The fraction of sp³-hybridized carbons (Fsp3) is 0.146. The summed E-state index contributed by atoms with van der Waals surface area (Å²) in [5, 5.41) is 38.6. The van der Waals surface area contributed by atoms with Gasteiger partial charge in [0.1, 0.15) is 35.5 Å². The van der Waals surface area contributed by atoms with Crippen molar-refractivity contribution in [3.05, 3.63) is 166 Å². The monoisotopic (exact) mass is 842 g/mol. The summed E-state index contributed by atoms with van der Waals surface area (Å²) in [6.07, 6.45) is 1.61. The third-order valence-electron chi connectivity index (χ3n) is 9.51. The number of hydrogen-bond donors (Lipinski definition) is 3. The Bertz CT molecular complexity index is 2450. The molecule has 18 heteroatoms. The van der Waals surface area contributed by atoms with Gasteiger partial charge in [-0.15, -0.1) is 27.9 Å². The second-order valence-electron chi connectivity index (χ2n) is 13.0. The van der Waals surface area contributed by atoms with Gasteiger partial charge in [0.25, 0.3) is 11.8 Å². The average molecular weight is 843 g/mol. The number of tetrazole rings is 1. The Morgan fingerprint density at radius 3 is 2.15 bits per heavy atom. The van der Waals surface area contributed by atoms with Crippen LogP contribution in [0.2, 0.25) is 0 Å². The van der Waals surface area contributed by atoms with Crippen molar-refractivity contribution in [2.45, 2.75) is 22.1 Å². The number of carbonyl (C=O) groups is 3. The summed E-state index contributed by atoms with van der Waals surface area (Å²) in [6.45, 7) is 0. The van der Waals surface area contributed by atoms with Crippen molar-refractivity contribution in [3.8, 4) is 0 Å². The largest absolute Gasteiger partial charge is 0.477 e. The highest BCUT2D eigenvalue weighted by Crippen LogP contribution is 2.43. The van der Waals surface area contributed by atoms with Gasteiger partial charge in [-0.05, 0) is 38.3 Å². The number of β-lactam (4-membered cyclic amide) rings is 1. The van der Waals surface area contributed by atoms with Crippen molar-refractivity contribution in [1.29, 1.82) is 0 Å². The van der Waals surface area contributed by atoms with E-state index < -0.39 is 34.7 Å². The number of carboxylic acids is 1. The third-order valence-corrected chi connectivity index (χ3v) is 12.6. The maximum Gasteiger partial charge on any atom is 0.352 e. The number of anilines is 1. The minimum atomic E-state index is -1.26. The van der Waals surface area contributed by atoms with Crippen LogP contribution >= 0.6 is 34.9 Å². The van der Waals surface area contributed by atoms with E-state index in [2.05, 4.69) is 72.8 Å². The van der Waals surface area contributed by atoms with Gasteiger partial charge in [-0.1, -0.05) is 143 Å². The number of amides is 2. The summed E-state index contributed by atoms with van der Waals surface area (Å²) in [5.74, 6) is -2.05. The van der Waals surface area contributed by atoms with Crippen molar-refractivity contribution in [2.24, 2.45) is 10.3 Å². The average Bonchev–Trinajstić information content (AvgIpc) is 3.95. The standard InChI is InChI=1S/C41H34N10O5S3/c1-56-47-32(31-25-58-39(43-31)45-41(28-16-8-3-9-17-28,29-18-10-4-11-19-29)30-20-12-5-13-21-30)35(52)44-33-36(53)50-34(38(54)55)27(23-57-37(33)50)24-59-40-46-48-49-51(40)42-22-26-14-6-2-7-15-26/h2-22,25,33,37H,23-24H2,1H3,(H,43,45)(H,44,52)(H,54,55)/b42-22?,47-32-/t33-,37+/m1/s1. The first-order valence-electron chi connectivity index (χ1n) is 18.1. The summed E-state index contributed by atoms with van der Waals surface area (Å²) in [4.78, 5) is 52.5. The molecule has 3 N–H and O–H groups in total. The molecular formula is C41H34N10O5S3. The number of carboxylic acid groups (broad SMARTS) is 1. The molecule has 1 fully saturated rings. The van der Waals surface area contributed by atoms with Crippen LogP contribution in [0.1, 0.15) is 27.9 Å². The first-order chi connectivity index (χ1) is 28.9. The van der Waals surface area contributed by atoms with Gasteiger partial charge in [0.2, 0.25) is 5.16 Å². The van der Waals surface area contributed by atoms with Crippen LogP contribution in [0.5, 0.6) is 0 Å². The molecule has 0 spiro atoms. The number of fused-ring (bicyclic) bond motifs is 1. The van der Waals surface area contributed by atoms with Crippen LogP contribution in [0.15, 0.2) is 153 Å². The van der Waals surface area contributed by atoms with E-state index in [9.17, 15) is 19.5 Å². The van der Waals surface area contributed by atoms with Crippen LogP contribution < -0.4 is 10.6 Å². The maximum absolute atomic E-state index is 13.9. The quantitative estimate of drug-likeness (QED) is 0.0399. The fourth-order valence-electron chi connectivity index (χ4n) is 6.83. The van der Waals surface area contributed by atoms with Crippen molar-refractivity contribution < 1.29 is 24.3 Å². The Morgan fingerprint density at radius 2 is 1.56 bits per heavy atom. The summed E-state index contributed by atoms with van der Waals surface area (Å²) in [6, 6.07) is 38.5. The molecule has 6 aromatic rings. The Morgan fingerprint density at radius 1 is 0.949 bits per heavy atom. The molecule has 0 unspecified atom stereocenters. The van der Waals surface area contributed by atoms with E-state index in [1.54, 1.807) is 11.6 Å². The van der Waals surface area contributed by atoms with Crippen LogP contribution in [0.3, 0.4) is 0 Å². The van der Waals surface area contributed by atoms with Gasteiger partial charge in [0.15, 0.2) is 10.8 Å². The van der Waals surface area contributed by atoms with Crippen molar-refractivity contribution in [2.75, 3.05) is 23.9 Å². The molecule has 296 valence electrons. The number of rotatable bonds is 15.